The average Bonchev–Trinajstić information content (AvgIpc) is 3.43. The summed E-state index contributed by atoms with van der Waals surface area (Å²) in [4.78, 5) is 27.7. The summed E-state index contributed by atoms with van der Waals surface area (Å²) in [6, 6.07) is 11.2. The Kier molecular flexibility index (Phi) is 4.63. The number of benzene rings is 2. The largest absolute Gasteiger partial charge is 0.493 e. The van der Waals surface area contributed by atoms with Crippen LogP contribution in [0.15, 0.2) is 53.2 Å². The van der Waals surface area contributed by atoms with Crippen LogP contribution in [0.1, 0.15) is 35.0 Å². The molecule has 0 bridgehead atoms. The van der Waals surface area contributed by atoms with Crippen LogP contribution in [0.4, 0.5) is 9.18 Å². The molecule has 3 aliphatic heterocycles. The SMILES string of the molecule is O=C1N[C@@]2(CCOc3ccccc32)C(=O)N1Cc1cc(F)cc2c1O[C@@H](c1ccsc1)OC2. The summed E-state index contributed by atoms with van der Waals surface area (Å²) in [5.74, 6) is 0.139. The molecule has 0 unspecified atom stereocenters. The number of thiophene rings is 1. The van der Waals surface area contributed by atoms with E-state index in [1.165, 1.54) is 23.5 Å². The van der Waals surface area contributed by atoms with Crippen LogP contribution in [-0.2, 0) is 28.2 Å². The van der Waals surface area contributed by atoms with E-state index in [0.717, 1.165) is 10.5 Å². The maximum absolute atomic E-state index is 14.4. The molecule has 1 spiro atoms. The molecule has 1 aromatic heterocycles. The first-order valence-electron chi connectivity index (χ1n) is 10.5. The van der Waals surface area contributed by atoms with E-state index in [2.05, 4.69) is 5.32 Å². The van der Waals surface area contributed by atoms with Crippen molar-refractivity contribution in [1.29, 1.82) is 0 Å². The lowest BCUT2D eigenvalue weighted by Gasteiger charge is -2.33. The number of carbonyl (C=O) groups is 2. The van der Waals surface area contributed by atoms with E-state index in [4.69, 9.17) is 14.2 Å². The number of para-hydroxylation sites is 1. The van der Waals surface area contributed by atoms with Crippen LogP contribution >= 0.6 is 11.3 Å². The average molecular weight is 466 g/mol. The Balaban J connectivity index is 1.34. The molecular weight excluding hydrogens is 447 g/mol. The number of rotatable bonds is 3. The van der Waals surface area contributed by atoms with Gasteiger partial charge >= 0.3 is 6.03 Å². The molecule has 1 N–H and O–H groups in total. The summed E-state index contributed by atoms with van der Waals surface area (Å²) < 4.78 is 31.9. The van der Waals surface area contributed by atoms with Gasteiger partial charge in [-0.05, 0) is 29.6 Å². The van der Waals surface area contributed by atoms with Crippen LogP contribution in [0, 0.1) is 5.82 Å². The maximum Gasteiger partial charge on any atom is 0.325 e. The van der Waals surface area contributed by atoms with Crippen molar-refractivity contribution in [3.05, 3.63) is 81.3 Å². The molecule has 3 aliphatic rings. The van der Waals surface area contributed by atoms with Gasteiger partial charge in [0.1, 0.15) is 17.3 Å². The molecule has 2 aromatic carbocycles. The first-order chi connectivity index (χ1) is 16.0. The zero-order valence-corrected chi connectivity index (χ0v) is 18.2. The van der Waals surface area contributed by atoms with E-state index < -0.39 is 23.7 Å². The second-order valence-electron chi connectivity index (χ2n) is 8.19. The highest BCUT2D eigenvalue weighted by molar-refractivity contribution is 7.07. The number of ether oxygens (including phenoxy) is 3. The topological polar surface area (TPSA) is 77.1 Å². The Hall–Kier alpha value is -3.43. The van der Waals surface area contributed by atoms with Gasteiger partial charge in [-0.25, -0.2) is 9.18 Å². The molecule has 2 atom stereocenters. The summed E-state index contributed by atoms with van der Waals surface area (Å²) >= 11 is 1.52. The Morgan fingerprint density at radius 2 is 2.09 bits per heavy atom. The Labute approximate surface area is 192 Å². The molecule has 3 aromatic rings. The molecule has 33 heavy (non-hydrogen) atoms. The maximum atomic E-state index is 14.4. The van der Waals surface area contributed by atoms with Crippen molar-refractivity contribution in [1.82, 2.24) is 10.2 Å². The van der Waals surface area contributed by atoms with Crippen LogP contribution in [0.2, 0.25) is 0 Å². The highest BCUT2D eigenvalue weighted by atomic mass is 32.1. The van der Waals surface area contributed by atoms with Gasteiger partial charge in [0, 0.05) is 34.1 Å². The monoisotopic (exact) mass is 466 g/mol. The number of urea groups is 1. The van der Waals surface area contributed by atoms with Crippen LogP contribution in [0.5, 0.6) is 11.5 Å². The van der Waals surface area contributed by atoms with E-state index in [-0.39, 0.29) is 19.1 Å². The van der Waals surface area contributed by atoms with Crippen LogP contribution < -0.4 is 14.8 Å². The number of nitrogens with zero attached hydrogens (tertiary/aromatic N) is 1. The van der Waals surface area contributed by atoms with Crippen molar-refractivity contribution >= 4 is 23.3 Å². The number of hydrogen-bond acceptors (Lipinski definition) is 6. The van der Waals surface area contributed by atoms with E-state index in [1.807, 2.05) is 22.9 Å². The first kappa shape index (κ1) is 20.2. The minimum atomic E-state index is -1.19. The Morgan fingerprint density at radius 3 is 2.94 bits per heavy atom. The van der Waals surface area contributed by atoms with Crippen LogP contribution in [-0.4, -0.2) is 23.4 Å². The van der Waals surface area contributed by atoms with Gasteiger partial charge in [-0.3, -0.25) is 9.69 Å². The highest BCUT2D eigenvalue weighted by Crippen LogP contribution is 2.43. The minimum Gasteiger partial charge on any atom is -0.493 e. The van der Waals surface area contributed by atoms with Gasteiger partial charge in [-0.2, -0.15) is 11.3 Å². The molecule has 1 saturated heterocycles. The van der Waals surface area contributed by atoms with E-state index >= 15 is 0 Å². The van der Waals surface area contributed by atoms with Gasteiger partial charge in [0.05, 0.1) is 19.8 Å². The van der Waals surface area contributed by atoms with Gasteiger partial charge in [-0.1, -0.05) is 18.2 Å². The predicted octanol–water partition coefficient (Wildman–Crippen LogP) is 4.22. The van der Waals surface area contributed by atoms with Crippen LogP contribution in [0.25, 0.3) is 0 Å². The molecule has 1 fully saturated rings. The van der Waals surface area contributed by atoms with Crippen molar-refractivity contribution in [3.8, 4) is 11.5 Å². The Morgan fingerprint density at radius 1 is 1.21 bits per heavy atom. The molecule has 7 nitrogen and oxygen atoms in total. The fraction of sp³-hybridized carbons (Fsp3) is 0.250. The quantitative estimate of drug-likeness (QED) is 0.585. The summed E-state index contributed by atoms with van der Waals surface area (Å²) in [6.45, 7) is 0.344. The zero-order chi connectivity index (χ0) is 22.6. The molecule has 168 valence electrons. The molecular formula is C24H19FN2O5S. The van der Waals surface area contributed by atoms with Crippen molar-refractivity contribution in [3.63, 3.8) is 0 Å². The second kappa shape index (κ2) is 7.57. The van der Waals surface area contributed by atoms with Gasteiger partial charge in [0.2, 0.25) is 6.29 Å². The van der Waals surface area contributed by atoms with Gasteiger partial charge in [-0.15, -0.1) is 0 Å². The second-order valence-corrected chi connectivity index (χ2v) is 8.97. The fourth-order valence-corrected chi connectivity index (χ4v) is 5.31. The number of hydrogen-bond donors (Lipinski definition) is 1. The number of halogens is 1. The number of fused-ring (bicyclic) bond motifs is 3. The van der Waals surface area contributed by atoms with Crippen LogP contribution in [0.3, 0.4) is 0 Å². The first-order valence-corrected chi connectivity index (χ1v) is 11.5. The Bertz CT molecular complexity index is 1260. The third-order valence-corrected chi connectivity index (χ3v) is 6.93. The lowest BCUT2D eigenvalue weighted by Crippen LogP contribution is -2.47. The number of amides is 3. The number of nitrogens with one attached hydrogen (secondary N) is 1. The lowest BCUT2D eigenvalue weighted by atomic mass is 9.84. The van der Waals surface area contributed by atoms with E-state index in [1.54, 1.807) is 18.2 Å². The molecule has 6 rings (SSSR count). The summed E-state index contributed by atoms with van der Waals surface area (Å²) in [5.41, 5.74) is 1.24. The van der Waals surface area contributed by atoms with Crippen molar-refractivity contribution in [2.45, 2.75) is 31.4 Å². The third-order valence-electron chi connectivity index (χ3n) is 6.22. The zero-order valence-electron chi connectivity index (χ0n) is 17.4. The molecule has 0 saturated carbocycles. The number of carbonyl (C=O) groups excluding carboxylic acids is 2. The fourth-order valence-electron chi connectivity index (χ4n) is 4.65. The third kappa shape index (κ3) is 3.19. The minimum absolute atomic E-state index is 0.119. The van der Waals surface area contributed by atoms with E-state index in [0.29, 0.717) is 41.2 Å². The molecule has 3 amide bonds. The van der Waals surface area contributed by atoms with Crippen molar-refractivity contribution in [2.75, 3.05) is 6.61 Å². The smallest absolute Gasteiger partial charge is 0.325 e. The van der Waals surface area contributed by atoms with Crippen molar-refractivity contribution < 1.29 is 28.2 Å². The summed E-state index contributed by atoms with van der Waals surface area (Å²) in [5, 5.41) is 6.71. The molecule has 0 radical (unpaired) electrons. The van der Waals surface area contributed by atoms with E-state index in [9.17, 15) is 14.0 Å². The standard InChI is InChI=1S/C24H19FN2O5S/c25-17-9-15(20-16(10-17)12-31-21(32-20)14-5-8-33-13-14)11-27-22(28)24(26-23(27)29)6-7-30-19-4-2-1-3-18(19)24/h1-5,8-10,13,21H,6-7,11-12H2,(H,26,29)/t21-,24+/m0/s1. The normalized spacial score (nSPS) is 23.5. The summed E-state index contributed by atoms with van der Waals surface area (Å²) in [7, 11) is 0. The summed E-state index contributed by atoms with van der Waals surface area (Å²) in [6.07, 6.45) is -0.318. The molecule has 9 heteroatoms. The highest BCUT2D eigenvalue weighted by Gasteiger charge is 2.55. The lowest BCUT2D eigenvalue weighted by molar-refractivity contribution is -0.133. The number of imide groups is 1. The van der Waals surface area contributed by atoms with Crippen molar-refractivity contribution in [2.24, 2.45) is 0 Å². The van der Waals surface area contributed by atoms with Gasteiger partial charge < -0.3 is 19.5 Å². The van der Waals surface area contributed by atoms with Gasteiger partial charge in [0.15, 0.2) is 5.54 Å². The molecule has 0 aliphatic carbocycles. The predicted molar refractivity (Wildman–Crippen MR) is 116 cm³/mol. The molecule has 4 heterocycles. The van der Waals surface area contributed by atoms with Gasteiger partial charge in [0.25, 0.3) is 5.91 Å².